The molecule has 3 N–H and O–H groups in total. The van der Waals surface area contributed by atoms with E-state index in [0.29, 0.717) is 35.4 Å². The van der Waals surface area contributed by atoms with Gasteiger partial charge in [0.1, 0.15) is 23.2 Å². The number of aromatic nitrogens is 4. The van der Waals surface area contributed by atoms with Gasteiger partial charge in [0, 0.05) is 38.6 Å². The molecule has 3 aromatic heterocycles. The van der Waals surface area contributed by atoms with Gasteiger partial charge in [-0.25, -0.2) is 9.97 Å². The van der Waals surface area contributed by atoms with Gasteiger partial charge >= 0.3 is 0 Å². The van der Waals surface area contributed by atoms with E-state index in [1.165, 1.54) is 24.5 Å². The van der Waals surface area contributed by atoms with Crippen LogP contribution >= 0.6 is 10.6 Å². The lowest BCUT2D eigenvalue weighted by Gasteiger charge is -2.34. The summed E-state index contributed by atoms with van der Waals surface area (Å²) in [5.74, 6) is -2.40. The number of ether oxygens (including phenoxy) is 1. The summed E-state index contributed by atoms with van der Waals surface area (Å²) in [6.07, 6.45) is 3.23. The van der Waals surface area contributed by atoms with Crippen LogP contribution in [0, 0.1) is 0 Å². The van der Waals surface area contributed by atoms with Crippen molar-refractivity contribution >= 4 is 21.6 Å². The zero-order valence-corrected chi connectivity index (χ0v) is 18.5. The first-order chi connectivity index (χ1) is 14.5. The highest BCUT2D eigenvalue weighted by Gasteiger charge is 2.31. The van der Waals surface area contributed by atoms with Crippen molar-refractivity contribution in [1.29, 1.82) is 0 Å². The van der Waals surface area contributed by atoms with Crippen molar-refractivity contribution in [2.45, 2.75) is 49.7 Å². The molecule has 0 amide bonds. The van der Waals surface area contributed by atoms with Crippen molar-refractivity contribution in [3.05, 3.63) is 30.2 Å². The minimum atomic E-state index is -3.20. The molecule has 0 aliphatic heterocycles. The third-order valence-corrected chi connectivity index (χ3v) is 7.20. The van der Waals surface area contributed by atoms with Crippen molar-refractivity contribution in [2.24, 2.45) is 7.05 Å². The first kappa shape index (κ1) is 24.2. The van der Waals surface area contributed by atoms with E-state index in [0.717, 1.165) is 6.92 Å². The lowest BCUT2D eigenvalue weighted by Crippen LogP contribution is -2.37. The van der Waals surface area contributed by atoms with Gasteiger partial charge < -0.3 is 14.4 Å². The largest absolute Gasteiger partial charge is 0.489 e. The second-order valence-electron chi connectivity index (χ2n) is 7.78. The highest BCUT2D eigenvalue weighted by Crippen LogP contribution is 2.52. The van der Waals surface area contributed by atoms with Crippen LogP contribution in [-0.4, -0.2) is 51.7 Å². The summed E-state index contributed by atoms with van der Waals surface area (Å²) < 4.78 is 56.1. The molecule has 0 radical (unpaired) electrons. The second kappa shape index (κ2) is 8.50. The van der Waals surface area contributed by atoms with Gasteiger partial charge in [-0.3, -0.25) is 18.8 Å². The van der Waals surface area contributed by atoms with Crippen LogP contribution in [0.2, 0.25) is 0 Å². The van der Waals surface area contributed by atoms with Gasteiger partial charge in [-0.2, -0.15) is 19.4 Å². The van der Waals surface area contributed by atoms with E-state index in [-0.39, 0.29) is 33.3 Å². The van der Waals surface area contributed by atoms with Gasteiger partial charge in [0.05, 0.1) is 34.4 Å². The monoisotopic (exact) mass is 474 g/mol. The molecule has 0 bridgehead atoms. The number of aliphatic hydroxyl groups excluding tert-OH is 1. The summed E-state index contributed by atoms with van der Waals surface area (Å²) in [7, 11) is -1.52. The van der Waals surface area contributed by atoms with E-state index in [1.54, 1.807) is 18.5 Å². The van der Waals surface area contributed by atoms with Crippen molar-refractivity contribution in [3.8, 4) is 17.3 Å². The van der Waals surface area contributed by atoms with Crippen molar-refractivity contribution in [2.75, 3.05) is 5.75 Å². The van der Waals surface area contributed by atoms with Crippen molar-refractivity contribution in [3.63, 3.8) is 0 Å². The van der Waals surface area contributed by atoms with Gasteiger partial charge in [0.15, 0.2) is 5.82 Å². The number of hydrogen-bond acceptors (Lipinski definition) is 7. The lowest BCUT2D eigenvalue weighted by molar-refractivity contribution is -0.0110. The van der Waals surface area contributed by atoms with Gasteiger partial charge in [0.2, 0.25) is 0 Å². The standard InChI is InChI=1S/C20H24F2N4O4S.FH/c1-4-31(28,29)16-7-13(30-12-5-11(27)6-12)9-24-18(16)19-25-14-8-17(20(2,21)22)23-10-15(14)26(19)3;/h7-12,27-29H,4-6H2,1-3H3;1H. The molecule has 1 saturated carbocycles. The molecular weight excluding hydrogens is 449 g/mol. The molecule has 1 fully saturated rings. The highest BCUT2D eigenvalue weighted by molar-refractivity contribution is 8.24. The van der Waals surface area contributed by atoms with Crippen LogP contribution in [0.5, 0.6) is 5.75 Å². The third-order valence-electron chi connectivity index (χ3n) is 5.38. The first-order valence-corrected chi connectivity index (χ1v) is 11.5. The Kier molecular flexibility index (Phi) is 6.44. The molecule has 4 rings (SSSR count). The van der Waals surface area contributed by atoms with Gasteiger partial charge in [-0.15, -0.1) is 0 Å². The molecule has 176 valence electrons. The predicted molar refractivity (Wildman–Crippen MR) is 115 cm³/mol. The average molecular weight is 475 g/mol. The fourth-order valence-electron chi connectivity index (χ4n) is 3.43. The summed E-state index contributed by atoms with van der Waals surface area (Å²) in [4.78, 5) is 12.8. The summed E-state index contributed by atoms with van der Waals surface area (Å²) >= 11 is 0. The number of fused-ring (bicyclic) bond motifs is 1. The molecule has 1 aliphatic rings. The normalized spacial score (nSPS) is 19.4. The number of alkyl halides is 2. The summed E-state index contributed by atoms with van der Waals surface area (Å²) in [5.41, 5.74) is 0.634. The molecule has 0 saturated heterocycles. The maximum absolute atomic E-state index is 13.7. The van der Waals surface area contributed by atoms with Gasteiger partial charge in [-0.05, 0) is 13.0 Å². The molecule has 8 nitrogen and oxygen atoms in total. The Labute approximate surface area is 184 Å². The molecule has 0 atom stereocenters. The van der Waals surface area contributed by atoms with Crippen molar-refractivity contribution in [1.82, 2.24) is 19.5 Å². The predicted octanol–water partition coefficient (Wildman–Crippen LogP) is 4.33. The molecular formula is C20H25F3N4O4S. The fourth-order valence-corrected chi connectivity index (χ4v) is 4.50. The number of aliphatic hydroxyl groups is 1. The Morgan fingerprint density at radius 2 is 1.91 bits per heavy atom. The quantitative estimate of drug-likeness (QED) is 0.487. The smallest absolute Gasteiger partial charge is 0.287 e. The topological polar surface area (TPSA) is 114 Å². The maximum Gasteiger partial charge on any atom is 0.287 e. The van der Waals surface area contributed by atoms with E-state index < -0.39 is 22.2 Å². The van der Waals surface area contributed by atoms with E-state index in [4.69, 9.17) is 4.74 Å². The highest BCUT2D eigenvalue weighted by atomic mass is 32.3. The Morgan fingerprint density at radius 1 is 1.22 bits per heavy atom. The summed E-state index contributed by atoms with van der Waals surface area (Å²) in [6.45, 7) is 2.41. The summed E-state index contributed by atoms with van der Waals surface area (Å²) in [5, 5.41) is 9.45. The molecule has 12 heteroatoms. The Hall–Kier alpha value is -2.41. The zero-order chi connectivity index (χ0) is 22.6. The Morgan fingerprint density at radius 3 is 2.50 bits per heavy atom. The number of halogens is 3. The van der Waals surface area contributed by atoms with Gasteiger partial charge in [-0.1, -0.05) is 0 Å². The van der Waals surface area contributed by atoms with Crippen LogP contribution < -0.4 is 4.74 Å². The number of nitrogens with zero attached hydrogens (tertiary/aromatic N) is 4. The van der Waals surface area contributed by atoms with E-state index in [2.05, 4.69) is 15.0 Å². The Bertz CT molecular complexity index is 1130. The third kappa shape index (κ3) is 4.40. The van der Waals surface area contributed by atoms with Gasteiger partial charge in [0.25, 0.3) is 5.92 Å². The summed E-state index contributed by atoms with van der Waals surface area (Å²) in [6, 6.07) is 2.74. The number of hydrogen-bond donors (Lipinski definition) is 3. The molecule has 1 aliphatic carbocycles. The van der Waals surface area contributed by atoms with E-state index in [1.807, 2.05) is 0 Å². The van der Waals surface area contributed by atoms with Crippen LogP contribution in [0.3, 0.4) is 0 Å². The van der Waals surface area contributed by atoms with Crippen molar-refractivity contribution < 1.29 is 32.4 Å². The molecule has 3 aromatic rings. The van der Waals surface area contributed by atoms with Crippen LogP contribution in [0.25, 0.3) is 22.6 Å². The average Bonchev–Trinajstić information content (AvgIpc) is 3.02. The molecule has 0 spiro atoms. The number of aryl methyl sites for hydroxylation is 1. The number of pyridine rings is 2. The van der Waals surface area contributed by atoms with E-state index >= 15 is 0 Å². The number of rotatable bonds is 6. The zero-order valence-electron chi connectivity index (χ0n) is 17.7. The van der Waals surface area contributed by atoms with Crippen LogP contribution in [0.1, 0.15) is 32.4 Å². The molecule has 0 aromatic carbocycles. The molecule has 0 unspecified atom stereocenters. The SMILES string of the molecule is CCS(O)(O)c1cc(OC2CC(O)C2)cnc1-c1nc2cc(C(C)(F)F)ncc2n1C.F. The second-order valence-corrected chi connectivity index (χ2v) is 10.1. The maximum atomic E-state index is 13.7. The molecule has 32 heavy (non-hydrogen) atoms. The van der Waals surface area contributed by atoms with Crippen LogP contribution in [0.15, 0.2) is 29.4 Å². The Balaban J connectivity index is 0.00000289. The lowest BCUT2D eigenvalue weighted by atomic mass is 9.92. The number of imidazole rings is 1. The van der Waals surface area contributed by atoms with E-state index in [9.17, 15) is 23.0 Å². The van der Waals surface area contributed by atoms with Crippen LogP contribution in [0.4, 0.5) is 13.5 Å². The first-order valence-electron chi connectivity index (χ1n) is 9.81. The molecule has 3 heterocycles. The fraction of sp³-hybridized carbons (Fsp3) is 0.450. The minimum Gasteiger partial charge on any atom is -0.489 e. The minimum absolute atomic E-state index is 0. The van der Waals surface area contributed by atoms with Crippen LogP contribution in [-0.2, 0) is 13.0 Å².